The van der Waals surface area contributed by atoms with Gasteiger partial charge >= 0.3 is 0 Å². The fourth-order valence-corrected chi connectivity index (χ4v) is 3.07. The van der Waals surface area contributed by atoms with E-state index in [-0.39, 0.29) is 0 Å². The molecule has 0 bridgehead atoms. The van der Waals surface area contributed by atoms with Crippen molar-refractivity contribution in [3.05, 3.63) is 16.7 Å². The Hall–Kier alpha value is -0.770. The second kappa shape index (κ2) is 3.91. The summed E-state index contributed by atoms with van der Waals surface area (Å²) < 4.78 is 1.04. The Morgan fingerprint density at radius 3 is 3.31 bits per heavy atom. The highest BCUT2D eigenvalue weighted by Gasteiger charge is 2.31. The van der Waals surface area contributed by atoms with Gasteiger partial charge in [0.1, 0.15) is 0 Å². The summed E-state index contributed by atoms with van der Waals surface area (Å²) in [5.74, 6) is 1.98. The molecule has 3 rings (SSSR count). The Bertz CT molecular complexity index is 407. The standard InChI is InChI=1S/C12H16BrN3/c1-8-2-3-16-10(4-8)7-14-11-5-9(13)6-15-12(11)16/h5-6,8,10,14H,2-4,7H2,1H3. The average Bonchev–Trinajstić information content (AvgIpc) is 2.28. The maximum atomic E-state index is 4.54. The van der Waals surface area contributed by atoms with Crippen LogP contribution in [0.15, 0.2) is 16.7 Å². The van der Waals surface area contributed by atoms with E-state index in [1.165, 1.54) is 18.5 Å². The lowest BCUT2D eigenvalue weighted by Crippen LogP contribution is -2.49. The lowest BCUT2D eigenvalue weighted by molar-refractivity contribution is 0.365. The Morgan fingerprint density at radius 2 is 2.44 bits per heavy atom. The minimum Gasteiger partial charge on any atom is -0.380 e. The van der Waals surface area contributed by atoms with Crippen LogP contribution in [0.5, 0.6) is 0 Å². The third-order valence-electron chi connectivity index (χ3n) is 3.61. The molecule has 1 aromatic rings. The molecule has 1 fully saturated rings. The first kappa shape index (κ1) is 10.4. The van der Waals surface area contributed by atoms with Crippen molar-refractivity contribution in [3.63, 3.8) is 0 Å². The lowest BCUT2D eigenvalue weighted by Gasteiger charge is -2.43. The molecule has 2 atom stereocenters. The van der Waals surface area contributed by atoms with Gasteiger partial charge in [0.2, 0.25) is 0 Å². The van der Waals surface area contributed by atoms with Crippen molar-refractivity contribution in [1.29, 1.82) is 0 Å². The molecular formula is C12H16BrN3. The van der Waals surface area contributed by atoms with Crippen molar-refractivity contribution in [2.24, 2.45) is 5.92 Å². The van der Waals surface area contributed by atoms with E-state index >= 15 is 0 Å². The van der Waals surface area contributed by atoms with Crippen LogP contribution in [0.4, 0.5) is 11.5 Å². The van der Waals surface area contributed by atoms with Gasteiger partial charge < -0.3 is 10.2 Å². The van der Waals surface area contributed by atoms with E-state index in [2.05, 4.69) is 44.1 Å². The van der Waals surface area contributed by atoms with Crippen molar-refractivity contribution < 1.29 is 0 Å². The van der Waals surface area contributed by atoms with E-state index < -0.39 is 0 Å². The van der Waals surface area contributed by atoms with Crippen LogP contribution >= 0.6 is 15.9 Å². The van der Waals surface area contributed by atoms with E-state index in [1.54, 1.807) is 0 Å². The summed E-state index contributed by atoms with van der Waals surface area (Å²) in [7, 11) is 0. The minimum absolute atomic E-state index is 0.630. The maximum absolute atomic E-state index is 4.54. The van der Waals surface area contributed by atoms with Gasteiger partial charge in [0.05, 0.1) is 5.69 Å². The number of fused-ring (bicyclic) bond motifs is 3. The summed E-state index contributed by atoms with van der Waals surface area (Å²) in [6.07, 6.45) is 4.46. The molecule has 0 saturated carbocycles. The number of nitrogens with one attached hydrogen (secondary N) is 1. The van der Waals surface area contributed by atoms with Crippen molar-refractivity contribution in [3.8, 4) is 0 Å². The number of hydrogen-bond acceptors (Lipinski definition) is 3. The molecule has 3 nitrogen and oxygen atoms in total. The smallest absolute Gasteiger partial charge is 0.152 e. The average molecular weight is 282 g/mol. The van der Waals surface area contributed by atoms with Crippen LogP contribution < -0.4 is 10.2 Å². The van der Waals surface area contributed by atoms with Gasteiger partial charge in [-0.15, -0.1) is 0 Å². The zero-order valence-electron chi connectivity index (χ0n) is 9.41. The second-order valence-corrected chi connectivity index (χ2v) is 5.80. The number of anilines is 2. The van der Waals surface area contributed by atoms with Gasteiger partial charge in [0, 0.05) is 29.8 Å². The van der Waals surface area contributed by atoms with E-state index in [9.17, 15) is 0 Å². The van der Waals surface area contributed by atoms with Crippen LogP contribution in [0.3, 0.4) is 0 Å². The number of pyridine rings is 1. The van der Waals surface area contributed by atoms with Crippen LogP contribution in [0, 0.1) is 5.92 Å². The summed E-state index contributed by atoms with van der Waals surface area (Å²) in [4.78, 5) is 7.02. The maximum Gasteiger partial charge on any atom is 0.152 e. The molecule has 1 saturated heterocycles. The number of nitrogens with zero attached hydrogens (tertiary/aromatic N) is 2. The molecule has 16 heavy (non-hydrogen) atoms. The van der Waals surface area contributed by atoms with E-state index in [1.807, 2.05) is 6.20 Å². The number of halogens is 1. The molecule has 3 heterocycles. The highest BCUT2D eigenvalue weighted by molar-refractivity contribution is 9.10. The highest BCUT2D eigenvalue weighted by atomic mass is 79.9. The molecule has 2 aliphatic heterocycles. The Kier molecular flexibility index (Phi) is 2.54. The van der Waals surface area contributed by atoms with E-state index in [0.29, 0.717) is 6.04 Å². The third kappa shape index (κ3) is 1.69. The molecule has 0 radical (unpaired) electrons. The molecule has 0 aromatic carbocycles. The summed E-state index contributed by atoms with van der Waals surface area (Å²) in [6.45, 7) is 4.55. The first-order valence-corrected chi connectivity index (χ1v) is 6.69. The Labute approximate surface area is 104 Å². The normalized spacial score (nSPS) is 28.0. The van der Waals surface area contributed by atoms with Gasteiger partial charge in [0.25, 0.3) is 0 Å². The van der Waals surface area contributed by atoms with Crippen molar-refractivity contribution in [2.75, 3.05) is 23.3 Å². The first-order chi connectivity index (χ1) is 7.74. The molecule has 86 valence electrons. The predicted octanol–water partition coefficient (Wildman–Crippen LogP) is 2.87. The molecule has 2 unspecified atom stereocenters. The van der Waals surface area contributed by atoms with Gasteiger partial charge in [0.15, 0.2) is 5.82 Å². The number of aromatic nitrogens is 1. The largest absolute Gasteiger partial charge is 0.380 e. The molecule has 1 aromatic heterocycles. The Balaban J connectivity index is 1.94. The molecule has 0 aliphatic carbocycles. The van der Waals surface area contributed by atoms with Crippen LogP contribution in [0.1, 0.15) is 19.8 Å². The number of piperidine rings is 1. The summed E-state index contributed by atoms with van der Waals surface area (Å²) >= 11 is 3.47. The molecule has 4 heteroatoms. The number of rotatable bonds is 0. The monoisotopic (exact) mass is 281 g/mol. The van der Waals surface area contributed by atoms with Gasteiger partial charge in [-0.2, -0.15) is 0 Å². The quantitative estimate of drug-likeness (QED) is 0.793. The molecular weight excluding hydrogens is 266 g/mol. The van der Waals surface area contributed by atoms with Crippen molar-refractivity contribution >= 4 is 27.4 Å². The second-order valence-electron chi connectivity index (χ2n) is 4.88. The zero-order valence-corrected chi connectivity index (χ0v) is 11.0. The van der Waals surface area contributed by atoms with E-state index in [0.717, 1.165) is 29.3 Å². The third-order valence-corrected chi connectivity index (χ3v) is 4.05. The first-order valence-electron chi connectivity index (χ1n) is 5.90. The van der Waals surface area contributed by atoms with Crippen LogP contribution in [0.25, 0.3) is 0 Å². The van der Waals surface area contributed by atoms with Gasteiger partial charge in [-0.25, -0.2) is 4.98 Å². The predicted molar refractivity (Wildman–Crippen MR) is 70.0 cm³/mol. The lowest BCUT2D eigenvalue weighted by atomic mass is 9.91. The van der Waals surface area contributed by atoms with Crippen molar-refractivity contribution in [2.45, 2.75) is 25.8 Å². The minimum atomic E-state index is 0.630. The number of hydrogen-bond donors (Lipinski definition) is 1. The molecule has 0 amide bonds. The van der Waals surface area contributed by atoms with Gasteiger partial charge in [-0.05, 0) is 40.8 Å². The van der Waals surface area contributed by atoms with Crippen LogP contribution in [0.2, 0.25) is 0 Å². The topological polar surface area (TPSA) is 28.2 Å². The molecule has 0 spiro atoms. The summed E-state index contributed by atoms with van der Waals surface area (Å²) in [5.41, 5.74) is 1.17. The Morgan fingerprint density at radius 1 is 1.56 bits per heavy atom. The summed E-state index contributed by atoms with van der Waals surface area (Å²) in [5, 5.41) is 3.49. The molecule has 1 N–H and O–H groups in total. The fourth-order valence-electron chi connectivity index (χ4n) is 2.74. The SMILES string of the molecule is CC1CCN2c3ncc(Br)cc3NCC2C1. The highest BCUT2D eigenvalue weighted by Crippen LogP contribution is 2.36. The fraction of sp³-hybridized carbons (Fsp3) is 0.583. The summed E-state index contributed by atoms with van der Waals surface area (Å²) in [6, 6.07) is 2.75. The van der Waals surface area contributed by atoms with Gasteiger partial charge in [-0.3, -0.25) is 0 Å². The van der Waals surface area contributed by atoms with E-state index in [4.69, 9.17) is 0 Å². The van der Waals surface area contributed by atoms with Crippen molar-refractivity contribution in [1.82, 2.24) is 4.98 Å². The molecule has 2 aliphatic rings. The van der Waals surface area contributed by atoms with Crippen LogP contribution in [-0.2, 0) is 0 Å². The van der Waals surface area contributed by atoms with Crippen LogP contribution in [-0.4, -0.2) is 24.1 Å². The van der Waals surface area contributed by atoms with Gasteiger partial charge in [-0.1, -0.05) is 6.92 Å². The zero-order chi connectivity index (χ0) is 11.1.